The van der Waals surface area contributed by atoms with E-state index in [1.807, 2.05) is 65.3 Å². The molecule has 0 fully saturated rings. The summed E-state index contributed by atoms with van der Waals surface area (Å²) in [5.74, 6) is -2.87. The number of allylic oxidation sites excluding steroid dienone is 3. The number of nitrogen functional groups attached to an aromatic ring is 1. The van der Waals surface area contributed by atoms with Crippen molar-refractivity contribution >= 4 is 68.3 Å². The van der Waals surface area contributed by atoms with Crippen LogP contribution in [-0.2, 0) is 52.2 Å². The van der Waals surface area contributed by atoms with E-state index in [-0.39, 0.29) is 71.2 Å². The second kappa shape index (κ2) is 21.3. The second-order valence-corrected chi connectivity index (χ2v) is 16.6. The van der Waals surface area contributed by atoms with E-state index in [0.717, 1.165) is 56.7 Å². The van der Waals surface area contributed by atoms with Crippen molar-refractivity contribution in [1.29, 1.82) is 0 Å². The van der Waals surface area contributed by atoms with Gasteiger partial charge in [0.2, 0.25) is 5.51 Å². The Morgan fingerprint density at radius 3 is 2.25 bits per heavy atom. The van der Waals surface area contributed by atoms with Crippen molar-refractivity contribution in [2.45, 2.75) is 99.0 Å². The molecule has 0 unspecified atom stereocenters. The summed E-state index contributed by atoms with van der Waals surface area (Å²) in [6.07, 6.45) is 4.51. The van der Waals surface area contributed by atoms with Gasteiger partial charge in [-0.05, 0) is 81.0 Å². The molecule has 64 heavy (non-hydrogen) atoms. The molecule has 2 aliphatic rings. The zero-order valence-electron chi connectivity index (χ0n) is 36.7. The number of aromatic carboxylic acids is 1. The largest absolute Gasteiger partial charge is 2.00 e. The molecule has 2 aliphatic heterocycles. The van der Waals surface area contributed by atoms with E-state index in [1.54, 1.807) is 30.5 Å². The Bertz CT molecular complexity index is 2830. The number of carboxylic acids is 3. The van der Waals surface area contributed by atoms with Gasteiger partial charge in [0.25, 0.3) is 0 Å². The normalized spacial score (nSPS) is 14.2. The van der Waals surface area contributed by atoms with Gasteiger partial charge in [-0.2, -0.15) is 4.57 Å². The van der Waals surface area contributed by atoms with Crippen molar-refractivity contribution in [2.75, 3.05) is 12.3 Å². The average molecular weight is 956 g/mol. The third-order valence-corrected chi connectivity index (χ3v) is 12.9. The minimum Gasteiger partial charge on any atom is -1.00 e. The molecule has 0 aromatic carbocycles. The molecule has 7 heterocycles. The molecule has 15 nitrogen and oxygen atoms in total. The molecule has 5 aromatic heterocycles. The van der Waals surface area contributed by atoms with Crippen LogP contribution < -0.4 is 22.7 Å². The van der Waals surface area contributed by atoms with Crippen molar-refractivity contribution in [3.63, 3.8) is 0 Å². The molecular formula is C46H53ClCoN8O7S+2. The Kier molecular flexibility index (Phi) is 16.9. The van der Waals surface area contributed by atoms with E-state index in [0.29, 0.717) is 52.8 Å². The fourth-order valence-corrected chi connectivity index (χ4v) is 9.28. The number of hydrogen-bond donors (Lipinski definition) is 7. The number of aliphatic carboxylic acids is 2. The van der Waals surface area contributed by atoms with Crippen LogP contribution in [0.15, 0.2) is 42.6 Å². The Morgan fingerprint density at radius 1 is 0.938 bits per heavy atom. The fourth-order valence-electron chi connectivity index (χ4n) is 8.30. The van der Waals surface area contributed by atoms with Gasteiger partial charge < -0.3 is 48.5 Å². The van der Waals surface area contributed by atoms with Crippen molar-refractivity contribution in [3.8, 4) is 0 Å². The number of nitrogens with two attached hydrogens (primary N) is 1. The average Bonchev–Trinajstić information content (AvgIpc) is 3.98. The summed E-state index contributed by atoms with van der Waals surface area (Å²) in [5, 5.41) is 38.9. The number of rotatable bonds is 12. The number of carbonyl (C=O) groups is 3. The summed E-state index contributed by atoms with van der Waals surface area (Å²) in [4.78, 5) is 62.7. The molecule has 8 N–H and O–H groups in total. The number of halogens is 1. The number of nitrogens with zero attached hydrogens (tertiary/aromatic N) is 5. The first-order chi connectivity index (χ1) is 29.5. The van der Waals surface area contributed by atoms with E-state index in [4.69, 9.17) is 20.8 Å². The standard InChI is InChI=1S/C34H36N4O6.C12H17N4OS.ClH.Co/c1-7-19-15(3)23-12-25-17(5)21(9-10-29(39)40)32(37-25)22(11-30(41)42)33-31(34(43)44)18(6)26(38-33)14-28-20(8-2)16(4)24(36-28)13-27(19)35-23;1-8-11(3-4-17)18-7-16(8)6-10-5-14-9(2)15-12(10)13;;/h7,12-14,17,21,36,38H,1,8-11H2,2-6H3,(H,39,40)(H,41,42)(H,43,44);5,7,17H,3-4,6H2,1-2H3,(H2,13,14,15);1H;/q;+1;;+2/p-1/t17-,21-;;;/m0.../s1. The quantitative estimate of drug-likeness (QED) is 0.0867. The van der Waals surface area contributed by atoms with Crippen LogP contribution in [0.4, 0.5) is 5.82 Å². The predicted molar refractivity (Wildman–Crippen MR) is 239 cm³/mol. The number of thiazole rings is 1. The topological polar surface area (TPSA) is 245 Å². The smallest absolute Gasteiger partial charge is 1.00 e. The molecule has 0 aliphatic carbocycles. The SMILES string of the molecule is C=CC1=C(C)c2cc3nc(c(CC(=O)O)c4[nH]c(cc5[nH]c(cc1n2)c(C)c5CC)c(C)c4C(=O)O)[C@@H](CCC(=O)O)[C@@H]3C.Cc1ncc(C[n+]2csc(CCO)c2C)c(N)n1.[Cl-].[Co+2]. The van der Waals surface area contributed by atoms with Crippen molar-refractivity contribution < 1.29 is 68.6 Å². The molecule has 0 spiro atoms. The first kappa shape index (κ1) is 50.9. The number of aromatic nitrogens is 7. The van der Waals surface area contributed by atoms with Crippen LogP contribution in [0.25, 0.3) is 33.2 Å². The number of fused-ring (bicyclic) bond motifs is 8. The van der Waals surface area contributed by atoms with E-state index in [2.05, 4.69) is 31.1 Å². The summed E-state index contributed by atoms with van der Waals surface area (Å²) in [7, 11) is 0. The fraction of sp³-hybridized carbons (Fsp3) is 0.348. The Balaban J connectivity index is 0.000000377. The number of nitrogens with one attached hydrogen (secondary N) is 2. The predicted octanol–water partition coefficient (Wildman–Crippen LogP) is 4.30. The first-order valence-corrected chi connectivity index (χ1v) is 21.3. The zero-order valence-corrected chi connectivity index (χ0v) is 39.3. The van der Waals surface area contributed by atoms with E-state index in [9.17, 15) is 29.7 Å². The Hall–Kier alpha value is -5.72. The number of anilines is 1. The number of aliphatic hydroxyl groups excluding tert-OH is 1. The van der Waals surface area contributed by atoms with Crippen molar-refractivity contribution in [2.24, 2.45) is 0 Å². The van der Waals surface area contributed by atoms with Gasteiger partial charge in [-0.15, -0.1) is 0 Å². The third kappa shape index (κ3) is 10.4. The third-order valence-electron chi connectivity index (χ3n) is 11.8. The summed E-state index contributed by atoms with van der Waals surface area (Å²) >= 11 is 1.65. The number of aryl methyl sites for hydroxylation is 4. The molecule has 0 amide bonds. The second-order valence-electron chi connectivity index (χ2n) is 15.6. The Morgan fingerprint density at radius 2 is 1.64 bits per heavy atom. The number of aliphatic hydroxyl groups is 1. The van der Waals surface area contributed by atoms with E-state index in [1.165, 1.54) is 4.88 Å². The maximum Gasteiger partial charge on any atom is 2.00 e. The van der Waals surface area contributed by atoms with Crippen molar-refractivity contribution in [1.82, 2.24) is 29.9 Å². The van der Waals surface area contributed by atoms with Gasteiger partial charge in [-0.1, -0.05) is 37.8 Å². The minimum absolute atomic E-state index is 0. The number of hydrogen-bond acceptors (Lipinski definition) is 10. The number of carboxylic acid groups (broad SMARTS) is 3. The van der Waals surface area contributed by atoms with E-state index >= 15 is 0 Å². The molecule has 0 saturated carbocycles. The minimum atomic E-state index is -1.20. The summed E-state index contributed by atoms with van der Waals surface area (Å²) in [6, 6.07) is 5.70. The monoisotopic (exact) mass is 955 g/mol. The zero-order chi connectivity index (χ0) is 45.2. The van der Waals surface area contributed by atoms with Gasteiger partial charge in [-0.3, -0.25) is 14.6 Å². The molecule has 7 rings (SSSR count). The first-order valence-electron chi connectivity index (χ1n) is 20.4. The molecule has 18 heteroatoms. The molecular weight excluding hydrogens is 903 g/mol. The van der Waals surface area contributed by atoms with Gasteiger partial charge in [-0.25, -0.2) is 19.7 Å². The van der Waals surface area contributed by atoms with Crippen LogP contribution in [0.5, 0.6) is 0 Å². The maximum atomic E-state index is 12.7. The van der Waals surface area contributed by atoms with Gasteiger partial charge in [0.05, 0.1) is 45.0 Å². The Labute approximate surface area is 391 Å². The molecule has 339 valence electrons. The van der Waals surface area contributed by atoms with Crippen LogP contribution in [-0.4, -0.2) is 74.8 Å². The maximum absolute atomic E-state index is 12.7. The molecule has 8 bridgehead atoms. The van der Waals surface area contributed by atoms with Gasteiger partial charge in [0.15, 0.2) is 12.2 Å². The van der Waals surface area contributed by atoms with Crippen LogP contribution >= 0.6 is 11.3 Å². The summed E-state index contributed by atoms with van der Waals surface area (Å²) in [5.41, 5.74) is 19.3. The number of H-pyrrole nitrogens is 2. The summed E-state index contributed by atoms with van der Waals surface area (Å²) < 4.78 is 2.11. The van der Waals surface area contributed by atoms with Gasteiger partial charge in [0.1, 0.15) is 11.6 Å². The van der Waals surface area contributed by atoms with Crippen LogP contribution in [0.3, 0.4) is 0 Å². The molecule has 2 atom stereocenters. The van der Waals surface area contributed by atoms with E-state index < -0.39 is 30.2 Å². The molecule has 5 aromatic rings. The van der Waals surface area contributed by atoms with Gasteiger partial charge in [0, 0.05) is 77.8 Å². The van der Waals surface area contributed by atoms with Crippen LogP contribution in [0, 0.1) is 27.7 Å². The van der Waals surface area contributed by atoms with Crippen LogP contribution in [0.2, 0.25) is 0 Å². The molecule has 0 saturated heterocycles. The van der Waals surface area contributed by atoms with Gasteiger partial charge >= 0.3 is 34.7 Å². The summed E-state index contributed by atoms with van der Waals surface area (Å²) in [6.45, 7) is 18.4. The van der Waals surface area contributed by atoms with Crippen LogP contribution in [0.1, 0.15) is 123 Å². The van der Waals surface area contributed by atoms with Crippen molar-refractivity contribution in [3.05, 3.63) is 115 Å². The number of aromatic amines is 2. The molecule has 1 radical (unpaired) electrons.